The van der Waals surface area contributed by atoms with Crippen molar-refractivity contribution >= 4 is 35.0 Å². The van der Waals surface area contributed by atoms with Gasteiger partial charge in [0.1, 0.15) is 6.04 Å². The fraction of sp³-hybridized carbons (Fsp3) is 0.469. The van der Waals surface area contributed by atoms with Gasteiger partial charge in [0.15, 0.2) is 0 Å². The number of aromatic nitrogens is 1. The molecule has 1 aromatic heterocycles. The molecule has 6 nitrogen and oxygen atoms in total. The first-order valence-corrected chi connectivity index (χ1v) is 16.3. The smallest absolute Gasteiger partial charge is 0.328 e. The Balaban J connectivity index is 1.58. The van der Waals surface area contributed by atoms with Gasteiger partial charge in [0, 0.05) is 11.8 Å². The molecule has 40 heavy (non-hydrogen) atoms. The molecular weight excluding hydrogens is 540 g/mol. The quantitative estimate of drug-likeness (QED) is 0.213. The lowest BCUT2D eigenvalue weighted by molar-refractivity contribution is -0.142. The Morgan fingerprint density at radius 1 is 1.12 bits per heavy atom. The summed E-state index contributed by atoms with van der Waals surface area (Å²) in [6.45, 7) is 2.48. The maximum Gasteiger partial charge on any atom is 0.328 e. The number of nitrogens with one attached hydrogen (secondary N) is 1. The van der Waals surface area contributed by atoms with Gasteiger partial charge >= 0.3 is 5.97 Å². The average Bonchev–Trinajstić information content (AvgIpc) is 3.52. The molecule has 0 aliphatic heterocycles. The summed E-state index contributed by atoms with van der Waals surface area (Å²) in [5.41, 5.74) is 6.27. The van der Waals surface area contributed by atoms with E-state index in [1.54, 1.807) is 23.1 Å². The van der Waals surface area contributed by atoms with E-state index in [4.69, 9.17) is 9.47 Å². The SMILES string of the molecule is COC(=O)[C@H](CCSC)NC(=O)c1ccc(COC(CC2CCCCC2)c2cncs2)cc1-c1ccccc1C. The van der Waals surface area contributed by atoms with Crippen LogP contribution in [0.15, 0.2) is 54.2 Å². The summed E-state index contributed by atoms with van der Waals surface area (Å²) in [6, 6.07) is 13.2. The van der Waals surface area contributed by atoms with Crippen molar-refractivity contribution in [2.75, 3.05) is 19.1 Å². The second-order valence-corrected chi connectivity index (χ2v) is 12.4. The third kappa shape index (κ3) is 8.18. The second kappa shape index (κ2) is 15.4. The molecule has 8 heteroatoms. The lowest BCUT2D eigenvalue weighted by Gasteiger charge is -2.26. The number of thioether (sulfide) groups is 1. The number of ether oxygens (including phenoxy) is 2. The van der Waals surface area contributed by atoms with Crippen LogP contribution in [-0.2, 0) is 20.9 Å². The van der Waals surface area contributed by atoms with Gasteiger partial charge in [0.05, 0.1) is 30.2 Å². The molecule has 214 valence electrons. The summed E-state index contributed by atoms with van der Waals surface area (Å²) in [5.74, 6) is 0.699. The van der Waals surface area contributed by atoms with Gasteiger partial charge in [-0.25, -0.2) is 4.79 Å². The molecule has 1 heterocycles. The Kier molecular flexibility index (Phi) is 11.6. The van der Waals surface area contributed by atoms with Crippen LogP contribution in [0.3, 0.4) is 0 Å². The third-order valence-corrected chi connectivity index (χ3v) is 9.17. The fourth-order valence-corrected chi connectivity index (χ4v) is 6.57. The average molecular weight is 581 g/mol. The molecule has 4 rings (SSSR count). The van der Waals surface area contributed by atoms with E-state index in [1.807, 2.05) is 61.3 Å². The summed E-state index contributed by atoms with van der Waals surface area (Å²) in [6.07, 6.45) is 11.9. The molecule has 1 N–H and O–H groups in total. The van der Waals surface area contributed by atoms with Crippen molar-refractivity contribution in [3.8, 4) is 11.1 Å². The summed E-state index contributed by atoms with van der Waals surface area (Å²) < 4.78 is 11.5. The summed E-state index contributed by atoms with van der Waals surface area (Å²) >= 11 is 3.28. The molecular formula is C32H40N2O4S2. The van der Waals surface area contributed by atoms with Crippen LogP contribution >= 0.6 is 23.1 Å². The number of nitrogens with zero attached hydrogens (tertiary/aromatic N) is 1. The molecule has 1 fully saturated rings. The zero-order chi connectivity index (χ0) is 28.3. The van der Waals surface area contributed by atoms with Crippen molar-refractivity contribution in [3.05, 3.63) is 75.7 Å². The van der Waals surface area contributed by atoms with Crippen molar-refractivity contribution in [2.24, 2.45) is 5.92 Å². The molecule has 1 saturated carbocycles. The van der Waals surface area contributed by atoms with Gasteiger partial charge in [0.25, 0.3) is 5.91 Å². The standard InChI is InChI=1S/C32H40N2O4S2/c1-22-9-7-8-12-25(22)27-17-24(13-14-26(27)31(35)34-28(15-16-39-3)32(36)37-2)20-38-29(30-19-33-21-40-30)18-23-10-5-4-6-11-23/h7-9,12-14,17,19,21,23,28-29H,4-6,10-11,15-16,18,20H2,1-3H3,(H,34,35)/t28-,29?/m0/s1. The van der Waals surface area contributed by atoms with Crippen molar-refractivity contribution in [3.63, 3.8) is 0 Å². The summed E-state index contributed by atoms with van der Waals surface area (Å²) in [4.78, 5) is 31.4. The highest BCUT2D eigenvalue weighted by Gasteiger charge is 2.25. The summed E-state index contributed by atoms with van der Waals surface area (Å²) in [5, 5.41) is 2.92. The van der Waals surface area contributed by atoms with Crippen molar-refractivity contribution in [1.29, 1.82) is 0 Å². The van der Waals surface area contributed by atoms with Crippen LogP contribution < -0.4 is 5.32 Å². The monoisotopic (exact) mass is 580 g/mol. The number of rotatable bonds is 13. The normalized spacial score (nSPS) is 15.4. The van der Waals surface area contributed by atoms with Gasteiger partial charge in [-0.1, -0.05) is 62.4 Å². The van der Waals surface area contributed by atoms with E-state index >= 15 is 0 Å². The van der Waals surface area contributed by atoms with Gasteiger partial charge in [0.2, 0.25) is 0 Å². The zero-order valence-corrected chi connectivity index (χ0v) is 25.3. The van der Waals surface area contributed by atoms with Crippen LogP contribution in [0.1, 0.15) is 77.4 Å². The third-order valence-electron chi connectivity index (χ3n) is 7.66. The van der Waals surface area contributed by atoms with Crippen LogP contribution in [0.25, 0.3) is 11.1 Å². The molecule has 0 saturated heterocycles. The molecule has 0 spiro atoms. The Morgan fingerprint density at radius 3 is 2.62 bits per heavy atom. The first-order valence-electron chi connectivity index (χ1n) is 14.1. The van der Waals surface area contributed by atoms with Gasteiger partial charge in [-0.3, -0.25) is 9.78 Å². The summed E-state index contributed by atoms with van der Waals surface area (Å²) in [7, 11) is 1.35. The predicted octanol–water partition coefficient (Wildman–Crippen LogP) is 7.37. The molecule has 0 bridgehead atoms. The number of hydrogen-bond acceptors (Lipinski definition) is 7. The van der Waals surface area contributed by atoms with Crippen molar-refractivity contribution in [2.45, 2.75) is 70.6 Å². The Labute approximate surface area is 246 Å². The molecule has 0 radical (unpaired) electrons. The van der Waals surface area contributed by atoms with E-state index in [0.29, 0.717) is 24.5 Å². The minimum absolute atomic E-state index is 0.0118. The van der Waals surface area contributed by atoms with Crippen molar-refractivity contribution < 1.29 is 19.1 Å². The lowest BCUT2D eigenvalue weighted by Crippen LogP contribution is -2.42. The van der Waals surface area contributed by atoms with E-state index in [1.165, 1.54) is 44.1 Å². The molecule has 1 amide bonds. The van der Waals surface area contributed by atoms with Crippen LogP contribution in [0.4, 0.5) is 0 Å². The fourth-order valence-electron chi connectivity index (χ4n) is 5.41. The maximum atomic E-state index is 13.5. The molecule has 2 atom stereocenters. The largest absolute Gasteiger partial charge is 0.467 e. The lowest BCUT2D eigenvalue weighted by atomic mass is 9.85. The van der Waals surface area contributed by atoms with Gasteiger partial charge in [-0.2, -0.15) is 11.8 Å². The molecule has 2 aromatic carbocycles. The maximum absolute atomic E-state index is 13.5. The number of carbonyl (C=O) groups is 2. The predicted molar refractivity (Wildman–Crippen MR) is 164 cm³/mol. The van der Waals surface area contributed by atoms with Crippen LogP contribution in [-0.4, -0.2) is 42.0 Å². The van der Waals surface area contributed by atoms with E-state index in [0.717, 1.165) is 34.4 Å². The zero-order valence-electron chi connectivity index (χ0n) is 23.7. The number of methoxy groups -OCH3 is 1. The minimum Gasteiger partial charge on any atom is -0.467 e. The molecule has 3 aromatic rings. The molecule has 1 aliphatic carbocycles. The molecule has 1 unspecified atom stereocenters. The van der Waals surface area contributed by atoms with Gasteiger partial charge in [-0.15, -0.1) is 11.3 Å². The Bertz CT molecular complexity index is 1240. The first-order chi connectivity index (χ1) is 19.5. The highest BCUT2D eigenvalue weighted by molar-refractivity contribution is 7.98. The number of esters is 1. The Hall–Kier alpha value is -2.68. The van der Waals surface area contributed by atoms with Gasteiger partial charge < -0.3 is 14.8 Å². The molecule has 1 aliphatic rings. The van der Waals surface area contributed by atoms with Crippen LogP contribution in [0.5, 0.6) is 0 Å². The number of thiazole rings is 1. The van der Waals surface area contributed by atoms with Crippen molar-refractivity contribution in [1.82, 2.24) is 10.3 Å². The highest BCUT2D eigenvalue weighted by Crippen LogP contribution is 2.36. The number of carbonyl (C=O) groups excluding carboxylic acids is 2. The minimum atomic E-state index is -0.697. The Morgan fingerprint density at radius 2 is 1.93 bits per heavy atom. The van der Waals surface area contributed by atoms with Crippen LogP contribution in [0.2, 0.25) is 0 Å². The first kappa shape index (κ1) is 30.3. The number of hydrogen-bond donors (Lipinski definition) is 1. The number of benzene rings is 2. The van der Waals surface area contributed by atoms with E-state index in [2.05, 4.69) is 16.4 Å². The van der Waals surface area contributed by atoms with E-state index < -0.39 is 12.0 Å². The highest BCUT2D eigenvalue weighted by atomic mass is 32.2. The number of amides is 1. The van der Waals surface area contributed by atoms with Crippen LogP contribution in [0, 0.1) is 12.8 Å². The topological polar surface area (TPSA) is 77.5 Å². The van der Waals surface area contributed by atoms with E-state index in [9.17, 15) is 9.59 Å². The van der Waals surface area contributed by atoms with E-state index in [-0.39, 0.29) is 12.0 Å². The second-order valence-electron chi connectivity index (χ2n) is 10.5. The number of aryl methyl sites for hydroxylation is 1. The van der Waals surface area contributed by atoms with Gasteiger partial charge in [-0.05, 0) is 72.1 Å².